The first-order valence-corrected chi connectivity index (χ1v) is 4.74. The maximum atomic E-state index is 10.7. The van der Waals surface area contributed by atoms with Gasteiger partial charge < -0.3 is 10.2 Å². The van der Waals surface area contributed by atoms with Gasteiger partial charge in [0.2, 0.25) is 0 Å². The van der Waals surface area contributed by atoms with Gasteiger partial charge in [0.05, 0.1) is 0 Å². The predicted octanol–water partition coefficient (Wildman–Crippen LogP) is 1.89. The number of carboxylic acids is 1. The van der Waals surface area contributed by atoms with E-state index in [1.54, 1.807) is 6.92 Å². The fourth-order valence-corrected chi connectivity index (χ4v) is 1.08. The number of carboxylic acid groups (broad SMARTS) is 1. The van der Waals surface area contributed by atoms with Gasteiger partial charge in [0, 0.05) is 0 Å². The molecule has 0 bridgehead atoms. The summed E-state index contributed by atoms with van der Waals surface area (Å²) in [4.78, 5) is 10.7. The fraction of sp³-hybridized carbons (Fsp3) is 0.900. The van der Waals surface area contributed by atoms with E-state index in [1.165, 1.54) is 6.92 Å². The van der Waals surface area contributed by atoms with E-state index in [2.05, 4.69) is 13.8 Å². The Bertz CT molecular complexity index is 173. The zero-order valence-corrected chi connectivity index (χ0v) is 8.87. The van der Waals surface area contributed by atoms with E-state index in [0.717, 1.165) is 12.8 Å². The largest absolute Gasteiger partial charge is 0.479 e. The second-order valence-electron chi connectivity index (χ2n) is 4.32. The molecule has 0 saturated carbocycles. The quantitative estimate of drug-likeness (QED) is 0.692. The smallest absolute Gasteiger partial charge is 0.335 e. The number of aliphatic carboxylic acids is 1. The van der Waals surface area contributed by atoms with Crippen LogP contribution in [0.25, 0.3) is 0 Å². The molecule has 2 atom stereocenters. The van der Waals surface area contributed by atoms with Gasteiger partial charge in [-0.25, -0.2) is 4.79 Å². The Morgan fingerprint density at radius 3 is 2.08 bits per heavy atom. The van der Waals surface area contributed by atoms with Crippen molar-refractivity contribution in [2.24, 2.45) is 11.8 Å². The fourth-order valence-electron chi connectivity index (χ4n) is 1.08. The van der Waals surface area contributed by atoms with E-state index in [0.29, 0.717) is 5.92 Å². The Morgan fingerprint density at radius 2 is 1.77 bits per heavy atom. The van der Waals surface area contributed by atoms with E-state index in [-0.39, 0.29) is 5.92 Å². The monoisotopic (exact) mass is 188 g/mol. The third-order valence-electron chi connectivity index (χ3n) is 2.57. The summed E-state index contributed by atoms with van der Waals surface area (Å²) in [7, 11) is 0. The lowest BCUT2D eigenvalue weighted by molar-refractivity contribution is -0.162. The van der Waals surface area contributed by atoms with Crippen LogP contribution in [-0.2, 0) is 4.79 Å². The van der Waals surface area contributed by atoms with Crippen LogP contribution in [0.15, 0.2) is 0 Å². The van der Waals surface area contributed by atoms with Crippen molar-refractivity contribution in [2.45, 2.75) is 46.1 Å². The van der Waals surface area contributed by atoms with Crippen LogP contribution >= 0.6 is 0 Å². The molecule has 0 aliphatic heterocycles. The highest BCUT2D eigenvalue weighted by atomic mass is 16.4. The summed E-state index contributed by atoms with van der Waals surface area (Å²) in [6.45, 7) is 7.31. The highest BCUT2D eigenvalue weighted by Crippen LogP contribution is 2.23. The minimum atomic E-state index is -1.59. The standard InChI is InChI=1S/C10H20O3/c1-7(2)5-6-8(3)10(4,13)9(11)12/h7-8,13H,5-6H2,1-4H3,(H,11,12). The molecular formula is C10H20O3. The zero-order valence-electron chi connectivity index (χ0n) is 8.87. The Balaban J connectivity index is 4.09. The van der Waals surface area contributed by atoms with Gasteiger partial charge in [-0.05, 0) is 25.2 Å². The number of aliphatic hydroxyl groups is 1. The van der Waals surface area contributed by atoms with E-state index in [1.807, 2.05) is 0 Å². The van der Waals surface area contributed by atoms with Crippen molar-refractivity contribution in [3.05, 3.63) is 0 Å². The third-order valence-corrected chi connectivity index (χ3v) is 2.57. The first-order valence-electron chi connectivity index (χ1n) is 4.74. The van der Waals surface area contributed by atoms with Gasteiger partial charge in [0.15, 0.2) is 5.60 Å². The predicted molar refractivity (Wildman–Crippen MR) is 51.5 cm³/mol. The SMILES string of the molecule is CC(C)CCC(C)C(C)(O)C(=O)O. The molecule has 78 valence electrons. The normalized spacial score (nSPS) is 18.3. The summed E-state index contributed by atoms with van der Waals surface area (Å²) in [6, 6.07) is 0. The summed E-state index contributed by atoms with van der Waals surface area (Å²) in [5.41, 5.74) is -1.59. The molecule has 0 heterocycles. The first-order chi connectivity index (χ1) is 5.78. The summed E-state index contributed by atoms with van der Waals surface area (Å²) < 4.78 is 0. The minimum Gasteiger partial charge on any atom is -0.479 e. The molecule has 0 saturated heterocycles. The van der Waals surface area contributed by atoms with Crippen molar-refractivity contribution >= 4 is 5.97 Å². The van der Waals surface area contributed by atoms with E-state index in [4.69, 9.17) is 5.11 Å². The van der Waals surface area contributed by atoms with E-state index < -0.39 is 11.6 Å². The van der Waals surface area contributed by atoms with Crippen LogP contribution in [0.2, 0.25) is 0 Å². The van der Waals surface area contributed by atoms with Gasteiger partial charge in [-0.15, -0.1) is 0 Å². The molecule has 0 rings (SSSR count). The summed E-state index contributed by atoms with van der Waals surface area (Å²) in [5, 5.41) is 18.3. The Kier molecular flexibility index (Phi) is 4.40. The van der Waals surface area contributed by atoms with E-state index >= 15 is 0 Å². The third kappa shape index (κ3) is 3.77. The molecule has 2 unspecified atom stereocenters. The average molecular weight is 188 g/mol. The second-order valence-corrected chi connectivity index (χ2v) is 4.32. The number of hydrogen-bond acceptors (Lipinski definition) is 2. The van der Waals surface area contributed by atoms with Crippen LogP contribution < -0.4 is 0 Å². The van der Waals surface area contributed by atoms with Gasteiger partial charge in [-0.3, -0.25) is 0 Å². The van der Waals surface area contributed by atoms with Gasteiger partial charge >= 0.3 is 5.97 Å². The summed E-state index contributed by atoms with van der Waals surface area (Å²) in [5.74, 6) is -0.789. The van der Waals surface area contributed by atoms with Gasteiger partial charge in [0.1, 0.15) is 0 Å². The van der Waals surface area contributed by atoms with Crippen molar-refractivity contribution in [2.75, 3.05) is 0 Å². The lowest BCUT2D eigenvalue weighted by Gasteiger charge is -2.26. The summed E-state index contributed by atoms with van der Waals surface area (Å²) in [6.07, 6.45) is 1.70. The molecule has 0 aromatic rings. The molecule has 0 aromatic heterocycles. The second kappa shape index (κ2) is 4.61. The van der Waals surface area contributed by atoms with Crippen LogP contribution in [0.1, 0.15) is 40.5 Å². The van der Waals surface area contributed by atoms with Crippen molar-refractivity contribution in [1.82, 2.24) is 0 Å². The van der Waals surface area contributed by atoms with Crippen LogP contribution in [0.4, 0.5) is 0 Å². The molecule has 0 fully saturated rings. The molecule has 0 radical (unpaired) electrons. The highest BCUT2D eigenvalue weighted by molar-refractivity contribution is 5.76. The lowest BCUT2D eigenvalue weighted by Crippen LogP contribution is -2.41. The van der Waals surface area contributed by atoms with Gasteiger partial charge in [-0.2, -0.15) is 0 Å². The zero-order chi connectivity index (χ0) is 10.6. The Labute approximate surface area is 79.8 Å². The van der Waals surface area contributed by atoms with Crippen LogP contribution in [0.3, 0.4) is 0 Å². The molecule has 13 heavy (non-hydrogen) atoms. The number of hydrogen-bond donors (Lipinski definition) is 2. The highest BCUT2D eigenvalue weighted by Gasteiger charge is 2.35. The molecule has 3 heteroatoms. The molecule has 3 nitrogen and oxygen atoms in total. The maximum Gasteiger partial charge on any atom is 0.335 e. The topological polar surface area (TPSA) is 57.5 Å². The molecular weight excluding hydrogens is 168 g/mol. The van der Waals surface area contributed by atoms with Crippen molar-refractivity contribution < 1.29 is 15.0 Å². The Morgan fingerprint density at radius 1 is 1.31 bits per heavy atom. The molecule has 0 aliphatic carbocycles. The maximum absolute atomic E-state index is 10.7. The van der Waals surface area contributed by atoms with Crippen LogP contribution in [0.5, 0.6) is 0 Å². The molecule has 0 aromatic carbocycles. The van der Waals surface area contributed by atoms with E-state index in [9.17, 15) is 9.90 Å². The molecule has 0 aliphatic rings. The number of carbonyl (C=O) groups is 1. The summed E-state index contributed by atoms with van der Waals surface area (Å²) >= 11 is 0. The number of rotatable bonds is 5. The minimum absolute atomic E-state index is 0.201. The van der Waals surface area contributed by atoms with Crippen molar-refractivity contribution in [1.29, 1.82) is 0 Å². The van der Waals surface area contributed by atoms with Gasteiger partial charge in [-0.1, -0.05) is 27.2 Å². The Hall–Kier alpha value is -0.570. The van der Waals surface area contributed by atoms with Gasteiger partial charge in [0.25, 0.3) is 0 Å². The van der Waals surface area contributed by atoms with Crippen LogP contribution in [0, 0.1) is 11.8 Å². The molecule has 0 amide bonds. The van der Waals surface area contributed by atoms with Crippen molar-refractivity contribution in [3.8, 4) is 0 Å². The van der Waals surface area contributed by atoms with Crippen molar-refractivity contribution in [3.63, 3.8) is 0 Å². The lowest BCUT2D eigenvalue weighted by atomic mass is 9.85. The first kappa shape index (κ1) is 12.4. The molecule has 2 N–H and O–H groups in total. The van der Waals surface area contributed by atoms with Crippen LogP contribution in [-0.4, -0.2) is 21.8 Å². The average Bonchev–Trinajstić information content (AvgIpc) is 1.99. The molecule has 0 spiro atoms.